The number of hydrogen-bond donors (Lipinski definition) is 1. The molecular weight excluding hydrogens is 342 g/mol. The van der Waals surface area contributed by atoms with Crippen LogP contribution in [0, 0.1) is 5.92 Å². The van der Waals surface area contributed by atoms with E-state index in [2.05, 4.69) is 5.32 Å². The number of carbonyl (C=O) groups is 2. The standard InChI is InChI=1S/C22H27NO4/c1-17(13-14-27-16-19-11-7-4-8-12-19)21(24)23-20(22(25)26-2)15-18-9-5-3-6-10-18/h3-12,17,20H,13-16H2,1-2H3,(H,23,24)/t17?,20-/m1/s1. The maximum Gasteiger partial charge on any atom is 0.328 e. The predicted molar refractivity (Wildman–Crippen MR) is 104 cm³/mol. The topological polar surface area (TPSA) is 64.6 Å². The number of amides is 1. The predicted octanol–water partition coefficient (Wildman–Crippen LogP) is 3.13. The van der Waals surface area contributed by atoms with Crippen LogP contribution >= 0.6 is 0 Å². The van der Waals surface area contributed by atoms with Gasteiger partial charge in [-0.2, -0.15) is 0 Å². The van der Waals surface area contributed by atoms with E-state index in [4.69, 9.17) is 9.47 Å². The van der Waals surface area contributed by atoms with Gasteiger partial charge in [0.1, 0.15) is 6.04 Å². The first-order valence-corrected chi connectivity index (χ1v) is 9.14. The van der Waals surface area contributed by atoms with Gasteiger partial charge in [-0.15, -0.1) is 0 Å². The minimum atomic E-state index is -0.697. The Morgan fingerprint density at radius 3 is 2.15 bits per heavy atom. The van der Waals surface area contributed by atoms with Gasteiger partial charge in [-0.3, -0.25) is 4.79 Å². The zero-order valence-corrected chi connectivity index (χ0v) is 15.9. The van der Waals surface area contributed by atoms with Crippen molar-refractivity contribution in [2.75, 3.05) is 13.7 Å². The second-order valence-electron chi connectivity index (χ2n) is 6.50. The number of carbonyl (C=O) groups excluding carboxylic acids is 2. The monoisotopic (exact) mass is 369 g/mol. The number of rotatable bonds is 10. The Morgan fingerprint density at radius 2 is 1.56 bits per heavy atom. The minimum absolute atomic E-state index is 0.176. The number of benzene rings is 2. The molecule has 1 amide bonds. The summed E-state index contributed by atoms with van der Waals surface area (Å²) in [6.07, 6.45) is 0.981. The highest BCUT2D eigenvalue weighted by Gasteiger charge is 2.24. The lowest BCUT2D eigenvalue weighted by atomic mass is 10.0. The molecule has 0 heterocycles. The Balaban J connectivity index is 1.79. The average Bonchev–Trinajstić information content (AvgIpc) is 2.71. The largest absolute Gasteiger partial charge is 0.467 e. The number of hydrogen-bond acceptors (Lipinski definition) is 4. The molecule has 0 spiro atoms. The van der Waals surface area contributed by atoms with Gasteiger partial charge in [-0.1, -0.05) is 67.6 Å². The summed E-state index contributed by atoms with van der Waals surface area (Å²) < 4.78 is 10.5. The number of nitrogens with one attached hydrogen (secondary N) is 1. The van der Waals surface area contributed by atoms with E-state index in [0.717, 1.165) is 11.1 Å². The quantitative estimate of drug-likeness (QED) is 0.516. The lowest BCUT2D eigenvalue weighted by Crippen LogP contribution is -2.45. The molecule has 1 unspecified atom stereocenters. The van der Waals surface area contributed by atoms with Crippen LogP contribution in [0.5, 0.6) is 0 Å². The van der Waals surface area contributed by atoms with Crippen LogP contribution < -0.4 is 5.32 Å². The van der Waals surface area contributed by atoms with Crippen LogP contribution in [-0.2, 0) is 32.1 Å². The van der Waals surface area contributed by atoms with Gasteiger partial charge in [0.15, 0.2) is 0 Å². The third-order valence-corrected chi connectivity index (χ3v) is 4.34. The Kier molecular flexibility index (Phi) is 8.52. The third kappa shape index (κ3) is 7.23. The fourth-order valence-electron chi connectivity index (χ4n) is 2.65. The summed E-state index contributed by atoms with van der Waals surface area (Å²) in [5, 5.41) is 2.81. The van der Waals surface area contributed by atoms with Crippen LogP contribution in [-0.4, -0.2) is 31.6 Å². The van der Waals surface area contributed by atoms with Crippen LogP contribution in [0.25, 0.3) is 0 Å². The van der Waals surface area contributed by atoms with E-state index in [1.54, 1.807) is 0 Å². The van der Waals surface area contributed by atoms with E-state index in [9.17, 15) is 9.59 Å². The summed E-state index contributed by atoms with van der Waals surface area (Å²) in [5.41, 5.74) is 2.07. The van der Waals surface area contributed by atoms with Crippen molar-refractivity contribution in [3.8, 4) is 0 Å². The molecule has 2 aromatic rings. The Hall–Kier alpha value is -2.66. The minimum Gasteiger partial charge on any atom is -0.467 e. The molecule has 2 atom stereocenters. The molecule has 0 aliphatic carbocycles. The molecule has 0 saturated heterocycles. The van der Waals surface area contributed by atoms with Crippen molar-refractivity contribution < 1.29 is 19.1 Å². The number of esters is 1. The molecule has 2 aromatic carbocycles. The maximum absolute atomic E-state index is 12.5. The zero-order valence-electron chi connectivity index (χ0n) is 15.9. The van der Waals surface area contributed by atoms with Crippen LogP contribution in [0.2, 0.25) is 0 Å². The molecule has 0 fully saturated rings. The normalized spacial score (nSPS) is 12.8. The van der Waals surface area contributed by atoms with E-state index < -0.39 is 12.0 Å². The first-order chi connectivity index (χ1) is 13.1. The molecule has 5 heteroatoms. The van der Waals surface area contributed by atoms with Gasteiger partial charge in [-0.05, 0) is 17.5 Å². The van der Waals surface area contributed by atoms with Crippen molar-refractivity contribution in [2.24, 2.45) is 5.92 Å². The SMILES string of the molecule is COC(=O)[C@@H](Cc1ccccc1)NC(=O)C(C)CCOCc1ccccc1. The highest BCUT2D eigenvalue weighted by molar-refractivity contribution is 5.85. The van der Waals surface area contributed by atoms with Gasteiger partial charge >= 0.3 is 5.97 Å². The van der Waals surface area contributed by atoms with E-state index >= 15 is 0 Å². The zero-order chi connectivity index (χ0) is 19.5. The summed E-state index contributed by atoms with van der Waals surface area (Å²) in [7, 11) is 1.33. The molecule has 27 heavy (non-hydrogen) atoms. The summed E-state index contributed by atoms with van der Waals surface area (Å²) in [4.78, 5) is 24.5. The molecule has 5 nitrogen and oxygen atoms in total. The molecule has 0 aromatic heterocycles. The smallest absolute Gasteiger partial charge is 0.328 e. The van der Waals surface area contributed by atoms with Crippen molar-refractivity contribution in [2.45, 2.75) is 32.4 Å². The van der Waals surface area contributed by atoms with Crippen molar-refractivity contribution in [3.05, 3.63) is 71.8 Å². The van der Waals surface area contributed by atoms with Crippen LogP contribution in [0.1, 0.15) is 24.5 Å². The van der Waals surface area contributed by atoms with Gasteiger partial charge < -0.3 is 14.8 Å². The second kappa shape index (κ2) is 11.1. The number of ether oxygens (including phenoxy) is 2. The molecule has 0 saturated carbocycles. The van der Waals surface area contributed by atoms with E-state index in [1.807, 2.05) is 67.6 Å². The first kappa shape index (κ1) is 20.6. The van der Waals surface area contributed by atoms with Gasteiger partial charge in [0.2, 0.25) is 5.91 Å². The second-order valence-corrected chi connectivity index (χ2v) is 6.50. The number of methoxy groups -OCH3 is 1. The molecule has 0 aliphatic heterocycles. The molecule has 1 N–H and O–H groups in total. The van der Waals surface area contributed by atoms with Crippen molar-refractivity contribution in [1.82, 2.24) is 5.32 Å². The summed E-state index contributed by atoms with van der Waals surface area (Å²) >= 11 is 0. The lowest BCUT2D eigenvalue weighted by Gasteiger charge is -2.19. The Labute approximate surface area is 160 Å². The van der Waals surface area contributed by atoms with E-state index in [-0.39, 0.29) is 11.8 Å². The molecular formula is C22H27NO4. The van der Waals surface area contributed by atoms with Crippen molar-refractivity contribution in [3.63, 3.8) is 0 Å². The van der Waals surface area contributed by atoms with Crippen molar-refractivity contribution in [1.29, 1.82) is 0 Å². The summed E-state index contributed by atoms with van der Waals surface area (Å²) in [5.74, 6) is -0.881. The van der Waals surface area contributed by atoms with Crippen LogP contribution in [0.4, 0.5) is 0 Å². The van der Waals surface area contributed by atoms with Crippen molar-refractivity contribution >= 4 is 11.9 Å². The van der Waals surface area contributed by atoms with Gasteiger partial charge in [0.25, 0.3) is 0 Å². The highest BCUT2D eigenvalue weighted by Crippen LogP contribution is 2.09. The van der Waals surface area contributed by atoms with Gasteiger partial charge in [-0.25, -0.2) is 4.79 Å². The van der Waals surface area contributed by atoms with Gasteiger partial charge in [0, 0.05) is 18.9 Å². The molecule has 0 aliphatic rings. The molecule has 144 valence electrons. The lowest BCUT2D eigenvalue weighted by molar-refractivity contribution is -0.145. The third-order valence-electron chi connectivity index (χ3n) is 4.34. The Bertz CT molecular complexity index is 703. The van der Waals surface area contributed by atoms with Crippen LogP contribution in [0.15, 0.2) is 60.7 Å². The van der Waals surface area contributed by atoms with E-state index in [0.29, 0.717) is 26.1 Å². The van der Waals surface area contributed by atoms with Gasteiger partial charge in [0.05, 0.1) is 13.7 Å². The summed E-state index contributed by atoms with van der Waals surface area (Å²) in [6, 6.07) is 18.8. The summed E-state index contributed by atoms with van der Waals surface area (Å²) in [6.45, 7) is 2.83. The Morgan fingerprint density at radius 1 is 0.963 bits per heavy atom. The molecule has 2 rings (SSSR count). The average molecular weight is 369 g/mol. The highest BCUT2D eigenvalue weighted by atomic mass is 16.5. The fourth-order valence-corrected chi connectivity index (χ4v) is 2.65. The van der Waals surface area contributed by atoms with Crippen LogP contribution in [0.3, 0.4) is 0 Å². The first-order valence-electron chi connectivity index (χ1n) is 9.14. The molecule has 0 bridgehead atoms. The fraction of sp³-hybridized carbons (Fsp3) is 0.364. The molecule has 0 radical (unpaired) electrons. The van der Waals surface area contributed by atoms with E-state index in [1.165, 1.54) is 7.11 Å². The maximum atomic E-state index is 12.5.